The van der Waals surface area contributed by atoms with Crippen LogP contribution in [0.15, 0.2) is 170 Å². The van der Waals surface area contributed by atoms with E-state index in [1.165, 1.54) is 88.8 Å². The van der Waals surface area contributed by atoms with Crippen molar-refractivity contribution in [1.82, 2.24) is 0 Å². The van der Waals surface area contributed by atoms with Gasteiger partial charge >= 0.3 is 0 Å². The first-order valence-corrected chi connectivity index (χ1v) is 37.0. The fourth-order valence-electron chi connectivity index (χ4n) is 16.6. The van der Waals surface area contributed by atoms with Gasteiger partial charge in [-0.1, -0.05) is 239 Å². The molecule has 16 rings (SSSR count). The van der Waals surface area contributed by atoms with Crippen molar-refractivity contribution < 1.29 is 14.2 Å². The van der Waals surface area contributed by atoms with Crippen molar-refractivity contribution >= 4 is 120 Å². The molecule has 0 spiro atoms. The predicted octanol–water partition coefficient (Wildman–Crippen LogP) is 19.3. The largest absolute Gasteiger partial charge is 0.458 e. The van der Waals surface area contributed by atoms with Gasteiger partial charge in [0.1, 0.15) is 34.5 Å². The zero-order valence-corrected chi connectivity index (χ0v) is 64.5. The Morgan fingerprint density at radius 2 is 0.475 bits per heavy atom. The molecule has 10 aromatic rings. The molecule has 101 heavy (non-hydrogen) atoms. The molecule has 0 bridgehead atoms. The first-order valence-electron chi connectivity index (χ1n) is 37.0. The van der Waals surface area contributed by atoms with Crippen LogP contribution < -0.4 is 78.1 Å². The molecule has 0 saturated carbocycles. The van der Waals surface area contributed by atoms with E-state index in [0.717, 1.165) is 90.6 Å². The fraction of sp³-hybridized carbons (Fsp3) is 0.348. The second-order valence-electron chi connectivity index (χ2n) is 38.4. The van der Waals surface area contributed by atoms with E-state index < -0.39 is 0 Å². The maximum absolute atomic E-state index is 7.73. The summed E-state index contributed by atoms with van der Waals surface area (Å²) in [7, 11) is 0. The van der Waals surface area contributed by atoms with E-state index in [2.05, 4.69) is 351 Å². The van der Waals surface area contributed by atoms with Crippen LogP contribution in [0.3, 0.4) is 0 Å². The Morgan fingerprint density at radius 3 is 0.871 bits per heavy atom. The molecule has 0 aromatic heterocycles. The third kappa shape index (κ3) is 10.8. The lowest BCUT2D eigenvalue weighted by molar-refractivity contribution is 0.458. The second kappa shape index (κ2) is 21.9. The lowest BCUT2D eigenvalue weighted by Crippen LogP contribution is -2.65. The molecule has 6 heterocycles. The molecule has 0 fully saturated rings. The summed E-state index contributed by atoms with van der Waals surface area (Å²) in [6.45, 7) is 55.1. The van der Waals surface area contributed by atoms with Crippen molar-refractivity contribution in [3.05, 3.63) is 214 Å². The molecule has 0 unspecified atom stereocenters. The SMILES string of the molecule is CC(C)(C)c1ccc(N2c3cc4c(cc3B3c5cc(C(C)(C)C)ccc5Oc5cc(C(C)(C)C)cc2c53)B2c3cc5c(cc3Oc3cc(C(C)(C)C)cc(c32)O4)N(c2ccc(C(C)(C)C)cc2)c2cc(C(C)(C)C)cc3c2B5c2cc(C(C)(C)C)ccc2N3c2ccc(C(C)(C)C)cc2)cc1. The Kier molecular flexibility index (Phi) is 14.4. The molecular formula is C92H100B3N3O3. The van der Waals surface area contributed by atoms with Gasteiger partial charge in [-0.15, -0.1) is 0 Å². The van der Waals surface area contributed by atoms with Crippen LogP contribution >= 0.6 is 0 Å². The van der Waals surface area contributed by atoms with Crippen LogP contribution in [0.1, 0.15) is 211 Å². The molecule has 0 atom stereocenters. The Bertz CT molecular complexity index is 5110. The number of nitrogens with zero attached hydrogens (tertiary/aromatic N) is 3. The highest BCUT2D eigenvalue weighted by Crippen LogP contribution is 2.51. The van der Waals surface area contributed by atoms with Crippen LogP contribution in [0.2, 0.25) is 0 Å². The number of anilines is 9. The minimum absolute atomic E-state index is 0.0104. The number of ether oxygens (including phenoxy) is 3. The highest BCUT2D eigenvalue weighted by Gasteiger charge is 2.51. The Balaban J connectivity index is 1.00. The quantitative estimate of drug-likeness (QED) is 0.164. The highest BCUT2D eigenvalue weighted by atomic mass is 16.5. The van der Waals surface area contributed by atoms with Gasteiger partial charge in [-0.05, 0) is 216 Å². The van der Waals surface area contributed by atoms with Gasteiger partial charge < -0.3 is 28.9 Å². The van der Waals surface area contributed by atoms with E-state index in [4.69, 9.17) is 14.2 Å². The van der Waals surface area contributed by atoms with Gasteiger partial charge in [-0.3, -0.25) is 0 Å². The average Bonchev–Trinajstić information content (AvgIpc) is 0.692. The van der Waals surface area contributed by atoms with E-state index in [1.807, 2.05) is 0 Å². The van der Waals surface area contributed by atoms with Gasteiger partial charge in [0, 0.05) is 68.8 Å². The molecule has 510 valence electrons. The van der Waals surface area contributed by atoms with E-state index in [0.29, 0.717) is 0 Å². The molecule has 10 aromatic carbocycles. The molecule has 0 saturated heterocycles. The first kappa shape index (κ1) is 66.7. The second-order valence-corrected chi connectivity index (χ2v) is 38.4. The molecular weight excluding hydrogens is 1230 g/mol. The van der Waals surface area contributed by atoms with Gasteiger partial charge in [-0.25, -0.2) is 0 Å². The summed E-state index contributed by atoms with van der Waals surface area (Å²) in [5, 5.41) is 0. The standard InChI is InChI=1S/C92H100B3N3O3/c1-85(2,3)53-25-33-61(34-26-53)96-70-39-31-56(88(10,11)12)41-64(70)93-65-49-68-77(51-71(65)97(62-35-27-54(28-36-62)86(4,5)6)74-44-58(90(16,17)18)43-73(96)82(74)93)100-80-47-60(92(22,23)24)48-81-84(80)95(68)69-50-66-72(52-78(69)101-81)98(63-37-29-55(30-38-63)87(7,8)9)75-45-59(91(19,20)21)46-79-83(75)94(66)67-42-57(89(13,14)15)32-40-76(67)99-79/h25-52H,1-24H3. The molecule has 6 aliphatic rings. The third-order valence-electron chi connectivity index (χ3n) is 22.9. The summed E-state index contributed by atoms with van der Waals surface area (Å²) in [4.78, 5) is 7.71. The van der Waals surface area contributed by atoms with Gasteiger partial charge in [0.2, 0.25) is 0 Å². The topological polar surface area (TPSA) is 37.4 Å². The molecule has 6 nitrogen and oxygen atoms in total. The van der Waals surface area contributed by atoms with E-state index >= 15 is 0 Å². The van der Waals surface area contributed by atoms with Crippen LogP contribution in [-0.2, 0) is 43.3 Å². The molecule has 0 N–H and O–H groups in total. The maximum atomic E-state index is 7.73. The van der Waals surface area contributed by atoms with E-state index in [9.17, 15) is 0 Å². The van der Waals surface area contributed by atoms with Crippen LogP contribution in [-0.4, -0.2) is 20.1 Å². The minimum Gasteiger partial charge on any atom is -0.458 e. The molecule has 9 heteroatoms. The van der Waals surface area contributed by atoms with Crippen LogP contribution in [0, 0.1) is 0 Å². The van der Waals surface area contributed by atoms with E-state index in [-0.39, 0.29) is 63.5 Å². The van der Waals surface area contributed by atoms with Gasteiger partial charge in [0.05, 0.1) is 0 Å². The van der Waals surface area contributed by atoms with Crippen LogP contribution in [0.4, 0.5) is 51.2 Å². The zero-order chi connectivity index (χ0) is 71.9. The normalized spacial score (nSPS) is 15.0. The minimum atomic E-state index is -0.286. The summed E-state index contributed by atoms with van der Waals surface area (Å²) < 4.78 is 22.7. The number of hydrogen-bond donors (Lipinski definition) is 0. The van der Waals surface area contributed by atoms with Crippen molar-refractivity contribution in [2.45, 2.75) is 209 Å². The van der Waals surface area contributed by atoms with Crippen LogP contribution in [0.25, 0.3) is 0 Å². The summed E-state index contributed by atoms with van der Waals surface area (Å²) in [5.74, 6) is 5.18. The summed E-state index contributed by atoms with van der Waals surface area (Å²) in [5.41, 5.74) is 30.2. The van der Waals surface area contributed by atoms with Crippen molar-refractivity contribution in [3.8, 4) is 34.5 Å². The van der Waals surface area contributed by atoms with Crippen molar-refractivity contribution in [2.24, 2.45) is 0 Å². The lowest BCUT2D eigenvalue weighted by atomic mass is 9.29. The number of hydrogen-bond acceptors (Lipinski definition) is 6. The average molecular weight is 1330 g/mol. The molecule has 6 aliphatic heterocycles. The summed E-state index contributed by atoms with van der Waals surface area (Å²) in [6, 6.07) is 66.9. The molecule has 0 radical (unpaired) electrons. The molecule has 0 aliphatic carbocycles. The Morgan fingerprint density at radius 1 is 0.198 bits per heavy atom. The summed E-state index contributed by atoms with van der Waals surface area (Å²) in [6.07, 6.45) is 0. The van der Waals surface area contributed by atoms with Crippen molar-refractivity contribution in [3.63, 3.8) is 0 Å². The van der Waals surface area contributed by atoms with Gasteiger partial charge in [0.25, 0.3) is 20.1 Å². The summed E-state index contributed by atoms with van der Waals surface area (Å²) >= 11 is 0. The third-order valence-corrected chi connectivity index (χ3v) is 22.9. The smallest absolute Gasteiger partial charge is 0.260 e. The lowest BCUT2D eigenvalue weighted by Gasteiger charge is -2.46. The zero-order valence-electron chi connectivity index (χ0n) is 64.5. The van der Waals surface area contributed by atoms with Crippen molar-refractivity contribution in [2.75, 3.05) is 14.7 Å². The molecule has 0 amide bonds. The first-order chi connectivity index (χ1) is 47.1. The number of benzene rings is 10. The number of rotatable bonds is 3. The Hall–Kier alpha value is -8.81. The predicted molar refractivity (Wildman–Crippen MR) is 434 cm³/mol. The highest BCUT2D eigenvalue weighted by molar-refractivity contribution is 7.03. The van der Waals surface area contributed by atoms with Crippen molar-refractivity contribution in [1.29, 1.82) is 0 Å². The fourth-order valence-corrected chi connectivity index (χ4v) is 16.6. The van der Waals surface area contributed by atoms with Crippen LogP contribution in [0.5, 0.6) is 34.5 Å². The maximum Gasteiger partial charge on any atom is 0.260 e. The Labute approximate surface area is 604 Å². The van der Waals surface area contributed by atoms with E-state index in [1.54, 1.807) is 0 Å². The number of fused-ring (bicyclic) bond motifs is 12. The van der Waals surface area contributed by atoms with Gasteiger partial charge in [-0.2, -0.15) is 0 Å². The monoisotopic (exact) mass is 1330 g/mol. The van der Waals surface area contributed by atoms with Gasteiger partial charge in [0.15, 0.2) is 0 Å².